The molecule has 0 saturated carbocycles. The lowest BCUT2D eigenvalue weighted by atomic mass is 9.92. The van der Waals surface area contributed by atoms with Crippen LogP contribution < -0.4 is 11.3 Å². The number of aromatic amines is 1. The number of nitriles is 2. The Hall–Kier alpha value is -3.09. The van der Waals surface area contributed by atoms with E-state index in [1.54, 1.807) is 0 Å². The number of likely N-dealkylation sites (tertiary alicyclic amines) is 1. The second-order valence-electron chi connectivity index (χ2n) is 6.86. The summed E-state index contributed by atoms with van der Waals surface area (Å²) in [6.07, 6.45) is 2.40. The van der Waals surface area contributed by atoms with Crippen LogP contribution in [0.3, 0.4) is 0 Å². The van der Waals surface area contributed by atoms with Gasteiger partial charge in [-0.25, -0.2) is 0 Å². The van der Waals surface area contributed by atoms with E-state index < -0.39 is 5.56 Å². The van der Waals surface area contributed by atoms with E-state index in [0.29, 0.717) is 18.0 Å². The van der Waals surface area contributed by atoms with Crippen molar-refractivity contribution in [2.75, 3.05) is 18.8 Å². The van der Waals surface area contributed by atoms with Crippen molar-refractivity contribution in [3.63, 3.8) is 0 Å². The number of nitrogen functional groups attached to an aromatic ring is 1. The normalized spacial score (nSPS) is 17.4. The molecule has 3 rings (SSSR count). The van der Waals surface area contributed by atoms with E-state index in [1.165, 1.54) is 6.42 Å². The first kappa shape index (κ1) is 17.7. The van der Waals surface area contributed by atoms with Crippen LogP contribution in [0.25, 0.3) is 11.1 Å². The molecule has 1 aliphatic rings. The topological polar surface area (TPSA) is 110 Å². The predicted octanol–water partition coefficient (Wildman–Crippen LogP) is 2.60. The Bertz CT molecular complexity index is 964. The molecular weight excluding hydrogens is 326 g/mol. The molecule has 3 N–H and O–H groups in total. The molecule has 0 spiro atoms. The fraction of sp³-hybridized carbons (Fsp3) is 0.350. The molecule has 0 bridgehead atoms. The van der Waals surface area contributed by atoms with Crippen molar-refractivity contribution < 1.29 is 0 Å². The molecule has 1 atom stereocenters. The molecule has 0 aliphatic carbocycles. The summed E-state index contributed by atoms with van der Waals surface area (Å²) in [5.41, 5.74) is 7.38. The molecule has 1 fully saturated rings. The molecule has 1 aromatic carbocycles. The van der Waals surface area contributed by atoms with Gasteiger partial charge >= 0.3 is 0 Å². The average molecular weight is 347 g/mol. The van der Waals surface area contributed by atoms with Crippen molar-refractivity contribution >= 4 is 5.82 Å². The third-order valence-electron chi connectivity index (χ3n) is 4.89. The molecule has 26 heavy (non-hydrogen) atoms. The van der Waals surface area contributed by atoms with Gasteiger partial charge in [-0.1, -0.05) is 31.2 Å². The van der Waals surface area contributed by atoms with Crippen molar-refractivity contribution in [3.05, 3.63) is 51.3 Å². The van der Waals surface area contributed by atoms with Crippen LogP contribution in [0.5, 0.6) is 0 Å². The third kappa shape index (κ3) is 3.33. The number of aromatic nitrogens is 1. The largest absolute Gasteiger partial charge is 0.384 e. The van der Waals surface area contributed by atoms with Gasteiger partial charge in [0.05, 0.1) is 0 Å². The zero-order valence-corrected chi connectivity index (χ0v) is 14.7. The maximum atomic E-state index is 12.2. The van der Waals surface area contributed by atoms with Crippen molar-refractivity contribution in [2.45, 2.75) is 26.3 Å². The SMILES string of the molecule is CC1CCCN(Cc2ccccc2-c2c(C#N)c(N)[nH]c(=O)c2C#N)C1. The zero-order valence-electron chi connectivity index (χ0n) is 14.7. The van der Waals surface area contributed by atoms with Gasteiger partial charge in [-0.2, -0.15) is 10.5 Å². The van der Waals surface area contributed by atoms with Gasteiger partial charge in [0.25, 0.3) is 5.56 Å². The average Bonchev–Trinajstić information content (AvgIpc) is 2.62. The van der Waals surface area contributed by atoms with Gasteiger partial charge in [-0.15, -0.1) is 0 Å². The van der Waals surface area contributed by atoms with Gasteiger partial charge in [-0.05, 0) is 36.4 Å². The minimum absolute atomic E-state index is 0.00658. The highest BCUT2D eigenvalue weighted by Gasteiger charge is 2.22. The van der Waals surface area contributed by atoms with Crippen LogP contribution in [0, 0.1) is 28.6 Å². The monoisotopic (exact) mass is 347 g/mol. The number of hydrogen-bond donors (Lipinski definition) is 2. The quantitative estimate of drug-likeness (QED) is 0.887. The van der Waals surface area contributed by atoms with Crippen LogP contribution >= 0.6 is 0 Å². The number of rotatable bonds is 3. The lowest BCUT2D eigenvalue weighted by Gasteiger charge is -2.31. The molecule has 1 aliphatic heterocycles. The summed E-state index contributed by atoms with van der Waals surface area (Å²) >= 11 is 0. The van der Waals surface area contributed by atoms with Crippen molar-refractivity contribution in [2.24, 2.45) is 5.92 Å². The fourth-order valence-corrected chi connectivity index (χ4v) is 3.69. The van der Waals surface area contributed by atoms with Gasteiger partial charge in [0.1, 0.15) is 29.1 Å². The summed E-state index contributed by atoms with van der Waals surface area (Å²) in [6.45, 7) is 4.99. The van der Waals surface area contributed by atoms with Gasteiger partial charge in [0.2, 0.25) is 0 Å². The molecule has 6 heteroatoms. The second kappa shape index (κ2) is 7.43. The minimum Gasteiger partial charge on any atom is -0.384 e. The number of pyridine rings is 1. The van der Waals surface area contributed by atoms with Crippen LogP contribution in [0.15, 0.2) is 29.1 Å². The molecule has 0 radical (unpaired) electrons. The molecule has 1 aromatic heterocycles. The summed E-state index contributed by atoms with van der Waals surface area (Å²) in [5, 5.41) is 19.0. The van der Waals surface area contributed by atoms with Gasteiger partial charge in [0.15, 0.2) is 0 Å². The van der Waals surface area contributed by atoms with E-state index in [1.807, 2.05) is 36.4 Å². The smallest absolute Gasteiger partial charge is 0.268 e. The van der Waals surface area contributed by atoms with E-state index >= 15 is 0 Å². The molecule has 132 valence electrons. The van der Waals surface area contributed by atoms with Crippen LogP contribution in [0.2, 0.25) is 0 Å². The maximum Gasteiger partial charge on any atom is 0.268 e. The van der Waals surface area contributed by atoms with E-state index in [9.17, 15) is 15.3 Å². The number of piperidine rings is 1. The predicted molar refractivity (Wildman–Crippen MR) is 100 cm³/mol. The van der Waals surface area contributed by atoms with E-state index in [2.05, 4.69) is 16.8 Å². The van der Waals surface area contributed by atoms with Crippen LogP contribution in [0.1, 0.15) is 36.5 Å². The minimum atomic E-state index is -0.569. The Kier molecular flexibility index (Phi) is 5.06. The van der Waals surface area contributed by atoms with Gasteiger partial charge < -0.3 is 10.7 Å². The molecule has 2 heterocycles. The van der Waals surface area contributed by atoms with E-state index in [0.717, 1.165) is 30.6 Å². The maximum absolute atomic E-state index is 12.2. The highest BCUT2D eigenvalue weighted by atomic mass is 16.1. The number of H-pyrrole nitrogens is 1. The first-order valence-corrected chi connectivity index (χ1v) is 8.71. The van der Waals surface area contributed by atoms with Crippen molar-refractivity contribution in [1.29, 1.82) is 10.5 Å². The van der Waals surface area contributed by atoms with Gasteiger partial charge in [-0.3, -0.25) is 9.69 Å². The number of nitrogens with two attached hydrogens (primary N) is 1. The number of nitrogens with zero attached hydrogens (tertiary/aromatic N) is 3. The molecule has 2 aromatic rings. The van der Waals surface area contributed by atoms with E-state index in [4.69, 9.17) is 5.73 Å². The number of benzene rings is 1. The fourth-order valence-electron chi connectivity index (χ4n) is 3.69. The summed E-state index contributed by atoms with van der Waals surface area (Å²) in [7, 11) is 0. The van der Waals surface area contributed by atoms with E-state index in [-0.39, 0.29) is 16.9 Å². The van der Waals surface area contributed by atoms with Crippen LogP contribution in [0.4, 0.5) is 5.82 Å². The Morgan fingerprint density at radius 2 is 2.00 bits per heavy atom. The Morgan fingerprint density at radius 3 is 2.69 bits per heavy atom. The number of nitrogens with one attached hydrogen (secondary N) is 1. The molecule has 0 amide bonds. The third-order valence-corrected chi connectivity index (χ3v) is 4.89. The lowest BCUT2D eigenvalue weighted by Crippen LogP contribution is -2.33. The first-order valence-electron chi connectivity index (χ1n) is 8.71. The Balaban J connectivity index is 2.13. The molecule has 6 nitrogen and oxygen atoms in total. The highest BCUT2D eigenvalue weighted by molar-refractivity contribution is 5.81. The lowest BCUT2D eigenvalue weighted by molar-refractivity contribution is 0.177. The molecule has 1 saturated heterocycles. The zero-order chi connectivity index (χ0) is 18.7. The van der Waals surface area contributed by atoms with Crippen LogP contribution in [-0.2, 0) is 6.54 Å². The molecular formula is C20H21N5O. The first-order chi connectivity index (χ1) is 12.5. The second-order valence-corrected chi connectivity index (χ2v) is 6.86. The summed E-state index contributed by atoms with van der Waals surface area (Å²) in [5.74, 6) is 0.642. The van der Waals surface area contributed by atoms with Crippen molar-refractivity contribution in [3.8, 4) is 23.3 Å². The Morgan fingerprint density at radius 1 is 1.27 bits per heavy atom. The number of hydrogen-bond acceptors (Lipinski definition) is 5. The number of anilines is 1. The summed E-state index contributed by atoms with van der Waals surface area (Å²) in [4.78, 5) is 17.0. The van der Waals surface area contributed by atoms with Crippen molar-refractivity contribution in [1.82, 2.24) is 9.88 Å². The molecule has 1 unspecified atom stereocenters. The Labute approximate surface area is 152 Å². The highest BCUT2D eigenvalue weighted by Crippen LogP contribution is 2.32. The standard InChI is InChI=1S/C20H21N5O/c1-13-5-4-8-25(11-13)12-14-6-2-3-7-15(14)18-16(9-21)19(23)24-20(26)17(18)10-22/h2-3,6-7,13H,4-5,8,11-12H2,1H3,(H3,23,24,26). The van der Waals surface area contributed by atoms with Gasteiger partial charge in [0, 0.05) is 18.7 Å². The van der Waals surface area contributed by atoms with Crippen LogP contribution in [-0.4, -0.2) is 23.0 Å². The summed E-state index contributed by atoms with van der Waals surface area (Å²) < 4.78 is 0. The summed E-state index contributed by atoms with van der Waals surface area (Å²) in [6, 6.07) is 11.6.